The average molecular weight is 481 g/mol. The first-order valence-electron chi connectivity index (χ1n) is 12.1. The van der Waals surface area contributed by atoms with Crippen LogP contribution in [0.5, 0.6) is 0 Å². The zero-order valence-corrected chi connectivity index (χ0v) is 21.0. The average Bonchev–Trinajstić information content (AvgIpc) is 3.08. The number of carbonyl (C=O) groups is 2. The van der Waals surface area contributed by atoms with Crippen LogP contribution in [-0.4, -0.2) is 65.5 Å². The molecule has 7 nitrogen and oxygen atoms in total. The van der Waals surface area contributed by atoms with E-state index >= 15 is 0 Å². The molecule has 0 aromatic carbocycles. The molecule has 1 amide bonds. The fourth-order valence-corrected chi connectivity index (χ4v) is 5.90. The number of carboxylic acids is 1. The minimum atomic E-state index is -2.92. The molecule has 1 unspecified atom stereocenters. The highest BCUT2D eigenvalue weighted by atomic mass is 19.3. The molecule has 1 aliphatic heterocycles. The number of hydrogen-bond acceptors (Lipinski definition) is 5. The molecule has 1 saturated carbocycles. The van der Waals surface area contributed by atoms with Gasteiger partial charge in [0.2, 0.25) is 11.8 Å². The van der Waals surface area contributed by atoms with Crippen LogP contribution in [-0.2, 0) is 9.59 Å². The zero-order valence-electron chi connectivity index (χ0n) is 21.0. The number of carboxylic acid groups (broad SMARTS) is 1. The SMILES string of the molecule is CCN[C@H]1[C@H](C(C)(C)C)[C@@H](C(=O)O)N(C(=O)C2CCCC(F)(F)C2)[C@H]1c1cccnc1N(C)C. The number of nitrogens with zero attached hydrogens (tertiary/aromatic N) is 3. The van der Waals surface area contributed by atoms with Crippen molar-refractivity contribution in [3.63, 3.8) is 0 Å². The molecule has 2 heterocycles. The van der Waals surface area contributed by atoms with Gasteiger partial charge in [0, 0.05) is 56.6 Å². The number of likely N-dealkylation sites (N-methyl/N-ethyl adjacent to an activating group) is 1. The van der Waals surface area contributed by atoms with Gasteiger partial charge in [0.05, 0.1) is 6.04 Å². The smallest absolute Gasteiger partial charge is 0.326 e. The summed E-state index contributed by atoms with van der Waals surface area (Å²) < 4.78 is 28.6. The molecule has 2 aliphatic rings. The number of likely N-dealkylation sites (tertiary alicyclic amines) is 1. The van der Waals surface area contributed by atoms with E-state index in [4.69, 9.17) is 0 Å². The number of anilines is 1. The predicted molar refractivity (Wildman–Crippen MR) is 127 cm³/mol. The minimum Gasteiger partial charge on any atom is -0.480 e. The Bertz CT molecular complexity index is 902. The second kappa shape index (κ2) is 9.76. The second-order valence-electron chi connectivity index (χ2n) is 10.9. The van der Waals surface area contributed by atoms with Gasteiger partial charge in [-0.2, -0.15) is 0 Å². The van der Waals surface area contributed by atoms with Crippen LogP contribution in [0.15, 0.2) is 18.3 Å². The van der Waals surface area contributed by atoms with Gasteiger partial charge in [0.15, 0.2) is 0 Å². The molecule has 1 aliphatic carbocycles. The molecule has 9 heteroatoms. The zero-order chi connectivity index (χ0) is 25.4. The van der Waals surface area contributed by atoms with Crippen LogP contribution in [0.3, 0.4) is 0 Å². The number of rotatable bonds is 6. The maximum Gasteiger partial charge on any atom is 0.326 e. The van der Waals surface area contributed by atoms with Crippen molar-refractivity contribution in [2.24, 2.45) is 17.3 Å². The highest BCUT2D eigenvalue weighted by Crippen LogP contribution is 2.51. The lowest BCUT2D eigenvalue weighted by molar-refractivity contribution is -0.157. The quantitative estimate of drug-likeness (QED) is 0.641. The van der Waals surface area contributed by atoms with Gasteiger partial charge in [-0.25, -0.2) is 18.6 Å². The number of hydrogen-bond donors (Lipinski definition) is 2. The molecule has 0 bridgehead atoms. The Kier molecular flexibility index (Phi) is 7.55. The van der Waals surface area contributed by atoms with E-state index in [0.717, 1.165) is 0 Å². The highest BCUT2D eigenvalue weighted by molar-refractivity contribution is 5.87. The first-order chi connectivity index (χ1) is 15.8. The van der Waals surface area contributed by atoms with Crippen LogP contribution in [0, 0.1) is 17.3 Å². The third-order valence-electron chi connectivity index (χ3n) is 7.16. The van der Waals surface area contributed by atoms with Crippen molar-refractivity contribution < 1.29 is 23.5 Å². The fraction of sp³-hybridized carbons (Fsp3) is 0.720. The van der Waals surface area contributed by atoms with Crippen molar-refractivity contribution in [1.82, 2.24) is 15.2 Å². The van der Waals surface area contributed by atoms with Gasteiger partial charge in [-0.1, -0.05) is 33.8 Å². The van der Waals surface area contributed by atoms with E-state index in [2.05, 4.69) is 10.3 Å². The topological polar surface area (TPSA) is 85.8 Å². The van der Waals surface area contributed by atoms with Crippen LogP contribution >= 0.6 is 0 Å². The van der Waals surface area contributed by atoms with E-state index in [1.165, 1.54) is 4.90 Å². The Morgan fingerprint density at radius 2 is 2.00 bits per heavy atom. The van der Waals surface area contributed by atoms with E-state index in [9.17, 15) is 23.5 Å². The van der Waals surface area contributed by atoms with Gasteiger partial charge in [-0.15, -0.1) is 0 Å². The maximum atomic E-state index is 14.3. The van der Waals surface area contributed by atoms with Gasteiger partial charge < -0.3 is 20.2 Å². The second-order valence-corrected chi connectivity index (χ2v) is 10.9. The molecule has 1 aromatic rings. The van der Waals surface area contributed by atoms with E-state index in [1.54, 1.807) is 12.3 Å². The monoisotopic (exact) mass is 480 g/mol. The van der Waals surface area contributed by atoms with Gasteiger partial charge in [0.25, 0.3) is 0 Å². The summed E-state index contributed by atoms with van der Waals surface area (Å²) >= 11 is 0. The molecule has 2 fully saturated rings. The van der Waals surface area contributed by atoms with Crippen LogP contribution in [0.4, 0.5) is 14.6 Å². The van der Waals surface area contributed by atoms with Crippen molar-refractivity contribution in [2.75, 3.05) is 25.5 Å². The predicted octanol–water partition coefficient (Wildman–Crippen LogP) is 3.95. The highest BCUT2D eigenvalue weighted by Gasteiger charge is 2.59. The number of nitrogens with one attached hydrogen (secondary N) is 1. The summed E-state index contributed by atoms with van der Waals surface area (Å²) in [6.07, 6.45) is 1.46. The lowest BCUT2D eigenvalue weighted by atomic mass is 9.72. The number of aromatic nitrogens is 1. The van der Waals surface area contributed by atoms with Crippen LogP contribution in [0.2, 0.25) is 0 Å². The molecule has 1 saturated heterocycles. The van der Waals surface area contributed by atoms with E-state index in [1.807, 2.05) is 52.8 Å². The summed E-state index contributed by atoms with van der Waals surface area (Å²) in [7, 11) is 3.68. The van der Waals surface area contributed by atoms with Crippen molar-refractivity contribution in [2.45, 2.75) is 77.4 Å². The largest absolute Gasteiger partial charge is 0.480 e. The number of amides is 1. The fourth-order valence-electron chi connectivity index (χ4n) is 5.90. The molecular weight excluding hydrogens is 442 g/mol. The lowest BCUT2D eigenvalue weighted by Gasteiger charge is -2.37. The Hall–Kier alpha value is -2.29. The third kappa shape index (κ3) is 5.04. The third-order valence-corrected chi connectivity index (χ3v) is 7.16. The molecule has 2 N–H and O–H groups in total. The summed E-state index contributed by atoms with van der Waals surface area (Å²) in [5.41, 5.74) is 0.243. The Labute approximate surface area is 200 Å². The lowest BCUT2D eigenvalue weighted by Crippen LogP contribution is -2.50. The maximum absolute atomic E-state index is 14.3. The van der Waals surface area contributed by atoms with Gasteiger partial charge >= 0.3 is 5.97 Å². The molecule has 34 heavy (non-hydrogen) atoms. The number of pyridine rings is 1. The van der Waals surface area contributed by atoms with Gasteiger partial charge in [-0.3, -0.25) is 4.79 Å². The molecule has 5 atom stereocenters. The normalized spacial score (nSPS) is 29.2. The summed E-state index contributed by atoms with van der Waals surface area (Å²) in [5.74, 6) is -5.26. The number of aliphatic carboxylic acids is 1. The first kappa shape index (κ1) is 26.3. The Morgan fingerprint density at radius 3 is 2.53 bits per heavy atom. The van der Waals surface area contributed by atoms with Crippen molar-refractivity contribution in [1.29, 1.82) is 0 Å². The Balaban J connectivity index is 2.22. The summed E-state index contributed by atoms with van der Waals surface area (Å²) in [6, 6.07) is 1.44. The molecular formula is C25H38F2N4O3. The van der Waals surface area contributed by atoms with Crippen LogP contribution < -0.4 is 10.2 Å². The first-order valence-corrected chi connectivity index (χ1v) is 12.1. The molecule has 0 radical (unpaired) electrons. The van der Waals surface area contributed by atoms with Gasteiger partial charge in [-0.05, 0) is 30.9 Å². The number of halogens is 2. The standard InChI is InChI=1S/C25H38F2N4O3/c1-7-28-18-17(24(2,3)4)20(23(33)34)31(22(32)15-10-8-12-25(26,27)14-15)19(18)16-11-9-13-29-21(16)30(5)6/h9,11,13,15,17-20,28H,7-8,10,12,14H2,1-6H3,(H,33,34)/t15?,17-,18-,19-,20-/m0/s1. The minimum absolute atomic E-state index is 0.236. The van der Waals surface area contributed by atoms with Crippen molar-refractivity contribution >= 4 is 17.7 Å². The molecule has 0 spiro atoms. The molecule has 1 aromatic heterocycles. The molecule has 3 rings (SSSR count). The van der Waals surface area contributed by atoms with Crippen molar-refractivity contribution in [3.05, 3.63) is 23.9 Å². The van der Waals surface area contributed by atoms with E-state index < -0.39 is 53.6 Å². The summed E-state index contributed by atoms with van der Waals surface area (Å²) in [6.45, 7) is 8.41. The number of carbonyl (C=O) groups excluding carboxylic acids is 1. The number of alkyl halides is 2. The summed E-state index contributed by atoms with van der Waals surface area (Å²) in [5, 5.41) is 13.9. The summed E-state index contributed by atoms with van der Waals surface area (Å²) in [4.78, 5) is 34.4. The van der Waals surface area contributed by atoms with Crippen LogP contribution in [0.1, 0.15) is 65.0 Å². The Morgan fingerprint density at radius 1 is 1.32 bits per heavy atom. The van der Waals surface area contributed by atoms with E-state index in [0.29, 0.717) is 24.3 Å². The molecule has 190 valence electrons. The van der Waals surface area contributed by atoms with Crippen molar-refractivity contribution in [3.8, 4) is 0 Å². The van der Waals surface area contributed by atoms with E-state index in [-0.39, 0.29) is 18.9 Å². The van der Waals surface area contributed by atoms with Crippen LogP contribution in [0.25, 0.3) is 0 Å². The van der Waals surface area contributed by atoms with Gasteiger partial charge in [0.1, 0.15) is 11.9 Å².